The van der Waals surface area contributed by atoms with Crippen LogP contribution in [0.2, 0.25) is 0 Å². The van der Waals surface area contributed by atoms with Crippen LogP contribution in [0.15, 0.2) is 24.4 Å². The lowest BCUT2D eigenvalue weighted by atomic mass is 10.3. The molecule has 0 saturated heterocycles. The maximum Gasteiger partial charge on any atom is 0.432 e. The van der Waals surface area contributed by atoms with E-state index in [2.05, 4.69) is 10.1 Å². The van der Waals surface area contributed by atoms with Gasteiger partial charge in [0.1, 0.15) is 10.3 Å². The average molecular weight is 259 g/mol. The number of pyridine rings is 1. The number of H-pyrrole nitrogens is 1. The molecule has 0 aliphatic carbocycles. The van der Waals surface area contributed by atoms with Crippen LogP contribution in [0.3, 0.4) is 0 Å². The second-order valence-electron chi connectivity index (χ2n) is 3.53. The maximum absolute atomic E-state index is 12.5. The molecule has 2 heterocycles. The van der Waals surface area contributed by atoms with Gasteiger partial charge in [-0.15, -0.1) is 0 Å². The fourth-order valence-electron chi connectivity index (χ4n) is 1.35. The summed E-state index contributed by atoms with van der Waals surface area (Å²) in [5.41, 5.74) is 0.00543. The summed E-state index contributed by atoms with van der Waals surface area (Å²) >= 11 is 4.86. The van der Waals surface area contributed by atoms with Crippen molar-refractivity contribution in [2.24, 2.45) is 0 Å². The van der Waals surface area contributed by atoms with Gasteiger partial charge in [-0.2, -0.15) is 13.2 Å². The Morgan fingerprint density at radius 1 is 1.35 bits per heavy atom. The number of aryl methyl sites for hydroxylation is 1. The van der Waals surface area contributed by atoms with E-state index in [1.807, 2.05) is 6.92 Å². The molecule has 0 amide bonds. The zero-order chi connectivity index (χ0) is 12.6. The third-order valence-electron chi connectivity index (χ3n) is 2.16. The molecule has 0 unspecified atom stereocenters. The predicted octanol–water partition coefficient (Wildman–Crippen LogP) is 3.26. The van der Waals surface area contributed by atoms with Gasteiger partial charge in [0.25, 0.3) is 0 Å². The highest BCUT2D eigenvalue weighted by Gasteiger charge is 2.33. The molecule has 90 valence electrons. The molecule has 0 fully saturated rings. The molecule has 0 aliphatic heterocycles. The largest absolute Gasteiger partial charge is 0.432 e. The van der Waals surface area contributed by atoms with Crippen molar-refractivity contribution in [3.05, 3.63) is 40.3 Å². The molecule has 2 aromatic heterocycles. The van der Waals surface area contributed by atoms with E-state index in [0.717, 1.165) is 16.3 Å². The minimum absolute atomic E-state index is 0.0374. The molecule has 2 rings (SSSR count). The predicted molar refractivity (Wildman–Crippen MR) is 58.5 cm³/mol. The lowest BCUT2D eigenvalue weighted by Gasteiger charge is -2.04. The van der Waals surface area contributed by atoms with E-state index >= 15 is 0 Å². The normalized spacial score (nSPS) is 11.8. The number of rotatable bonds is 1. The van der Waals surface area contributed by atoms with E-state index < -0.39 is 11.9 Å². The third-order valence-corrected chi connectivity index (χ3v) is 2.46. The van der Waals surface area contributed by atoms with Gasteiger partial charge in [0.2, 0.25) is 0 Å². The summed E-state index contributed by atoms with van der Waals surface area (Å²) in [4.78, 5) is 3.96. The number of aromatic amines is 1. The first kappa shape index (κ1) is 11.8. The summed E-state index contributed by atoms with van der Waals surface area (Å²) in [5, 5.41) is 2.19. The Balaban J connectivity index is 2.54. The van der Waals surface area contributed by atoms with Gasteiger partial charge in [-0.05, 0) is 24.6 Å². The first-order valence-electron chi connectivity index (χ1n) is 4.70. The summed E-state index contributed by atoms with van der Waals surface area (Å²) in [6, 6.07) is 4.27. The summed E-state index contributed by atoms with van der Waals surface area (Å²) in [5.74, 6) is 0.338. The standard InChI is InChI=1S/C10H8F3N3S/c1-6-2-3-14-8(4-6)16-9(17)5-7(15-16)10(11,12)13/h2-5,15H,1H3. The molecule has 0 saturated carbocycles. The minimum Gasteiger partial charge on any atom is -0.287 e. The van der Waals surface area contributed by atoms with E-state index in [1.165, 1.54) is 6.20 Å². The van der Waals surface area contributed by atoms with Crippen LogP contribution in [0.4, 0.5) is 13.2 Å². The van der Waals surface area contributed by atoms with Gasteiger partial charge in [-0.25, -0.2) is 9.67 Å². The van der Waals surface area contributed by atoms with Gasteiger partial charge < -0.3 is 0 Å². The van der Waals surface area contributed by atoms with Crippen molar-refractivity contribution in [2.75, 3.05) is 0 Å². The van der Waals surface area contributed by atoms with Gasteiger partial charge >= 0.3 is 6.18 Å². The van der Waals surface area contributed by atoms with Crippen LogP contribution < -0.4 is 0 Å². The van der Waals surface area contributed by atoms with Crippen LogP contribution in [-0.2, 0) is 6.18 Å². The highest BCUT2D eigenvalue weighted by atomic mass is 32.1. The number of halogens is 3. The molecule has 2 aromatic rings. The smallest absolute Gasteiger partial charge is 0.287 e. The molecular weight excluding hydrogens is 251 g/mol. The van der Waals surface area contributed by atoms with Crippen molar-refractivity contribution in [1.82, 2.24) is 14.8 Å². The zero-order valence-electron chi connectivity index (χ0n) is 8.75. The summed E-state index contributed by atoms with van der Waals surface area (Å²) in [7, 11) is 0. The molecule has 0 radical (unpaired) electrons. The van der Waals surface area contributed by atoms with E-state index in [9.17, 15) is 13.2 Å². The Morgan fingerprint density at radius 3 is 2.59 bits per heavy atom. The van der Waals surface area contributed by atoms with Gasteiger partial charge in [0.15, 0.2) is 5.82 Å². The van der Waals surface area contributed by atoms with Crippen LogP contribution in [0.5, 0.6) is 0 Å². The fraction of sp³-hybridized carbons (Fsp3) is 0.200. The van der Waals surface area contributed by atoms with Crippen molar-refractivity contribution in [3.8, 4) is 5.82 Å². The van der Waals surface area contributed by atoms with E-state index in [1.54, 1.807) is 12.1 Å². The van der Waals surface area contributed by atoms with Crippen molar-refractivity contribution < 1.29 is 13.2 Å². The monoisotopic (exact) mass is 259 g/mol. The molecule has 0 aromatic carbocycles. The topological polar surface area (TPSA) is 33.6 Å². The van der Waals surface area contributed by atoms with Crippen molar-refractivity contribution >= 4 is 12.2 Å². The quantitative estimate of drug-likeness (QED) is 0.797. The summed E-state index contributed by atoms with van der Waals surface area (Å²) in [6.07, 6.45) is -2.93. The van der Waals surface area contributed by atoms with Crippen LogP contribution in [-0.4, -0.2) is 14.8 Å². The van der Waals surface area contributed by atoms with Crippen molar-refractivity contribution in [3.63, 3.8) is 0 Å². The summed E-state index contributed by atoms with van der Waals surface area (Å²) < 4.78 is 38.6. The Labute approximate surface area is 99.9 Å². The van der Waals surface area contributed by atoms with Crippen LogP contribution in [0, 0.1) is 11.6 Å². The number of nitrogens with zero attached hydrogens (tertiary/aromatic N) is 2. The Morgan fingerprint density at radius 2 is 2.06 bits per heavy atom. The van der Waals surface area contributed by atoms with Crippen molar-refractivity contribution in [1.29, 1.82) is 0 Å². The number of nitrogens with one attached hydrogen (secondary N) is 1. The van der Waals surface area contributed by atoms with Gasteiger partial charge in [0, 0.05) is 12.3 Å². The first-order chi connectivity index (χ1) is 7.88. The maximum atomic E-state index is 12.5. The van der Waals surface area contributed by atoms with Gasteiger partial charge in [0.05, 0.1) is 0 Å². The van der Waals surface area contributed by atoms with Gasteiger partial charge in [-0.3, -0.25) is 5.10 Å². The molecule has 1 N–H and O–H groups in total. The molecule has 0 aliphatic rings. The lowest BCUT2D eigenvalue weighted by molar-refractivity contribution is -0.141. The molecule has 0 atom stereocenters. The Hall–Kier alpha value is -1.63. The van der Waals surface area contributed by atoms with E-state index in [-0.39, 0.29) is 4.64 Å². The Kier molecular flexibility index (Phi) is 2.78. The van der Waals surface area contributed by atoms with Crippen molar-refractivity contribution in [2.45, 2.75) is 13.1 Å². The second kappa shape index (κ2) is 3.99. The zero-order valence-corrected chi connectivity index (χ0v) is 9.56. The average Bonchev–Trinajstić information content (AvgIpc) is 2.60. The Bertz CT molecular complexity index is 597. The molecule has 17 heavy (non-hydrogen) atoms. The summed E-state index contributed by atoms with van der Waals surface area (Å²) in [6.45, 7) is 1.82. The van der Waals surface area contributed by atoms with Gasteiger partial charge in [-0.1, -0.05) is 12.2 Å². The molecule has 7 heteroatoms. The second-order valence-corrected chi connectivity index (χ2v) is 3.95. The van der Waals surface area contributed by atoms with Crippen LogP contribution in [0.1, 0.15) is 11.3 Å². The number of alkyl halides is 3. The number of hydrogen-bond donors (Lipinski definition) is 1. The van der Waals surface area contributed by atoms with Crippen LogP contribution in [0.25, 0.3) is 5.82 Å². The third kappa shape index (κ3) is 2.38. The van der Waals surface area contributed by atoms with E-state index in [0.29, 0.717) is 5.82 Å². The lowest BCUT2D eigenvalue weighted by Crippen LogP contribution is -2.07. The molecule has 3 nitrogen and oxygen atoms in total. The molecular formula is C10H8F3N3S. The number of aromatic nitrogens is 3. The first-order valence-corrected chi connectivity index (χ1v) is 5.11. The highest BCUT2D eigenvalue weighted by molar-refractivity contribution is 7.71. The molecule has 0 spiro atoms. The minimum atomic E-state index is -4.44. The molecule has 0 bridgehead atoms. The highest BCUT2D eigenvalue weighted by Crippen LogP contribution is 2.28. The van der Waals surface area contributed by atoms with Crippen LogP contribution >= 0.6 is 12.2 Å². The SMILES string of the molecule is Cc1ccnc(-n2[nH]c(C(F)(F)F)cc2=S)c1. The van der Waals surface area contributed by atoms with E-state index in [4.69, 9.17) is 12.2 Å². The fourth-order valence-corrected chi connectivity index (χ4v) is 1.61. The number of hydrogen-bond acceptors (Lipinski definition) is 2.